The summed E-state index contributed by atoms with van der Waals surface area (Å²) in [6.07, 6.45) is 0.938. The normalized spacial score (nSPS) is 11.1. The maximum absolute atomic E-state index is 12.0. The Kier molecular flexibility index (Phi) is 6.46. The number of nitrogens with zero attached hydrogens (tertiary/aromatic N) is 2. The number of benzene rings is 1. The fourth-order valence-corrected chi connectivity index (χ4v) is 2.75. The zero-order valence-corrected chi connectivity index (χ0v) is 13.9. The van der Waals surface area contributed by atoms with Crippen molar-refractivity contribution < 1.29 is 22.9 Å². The van der Waals surface area contributed by atoms with Gasteiger partial charge in [-0.25, -0.2) is 8.42 Å². The second-order valence-electron chi connectivity index (χ2n) is 4.84. The number of hydrogen-bond donors (Lipinski definition) is 1. The molecule has 0 aliphatic rings. The Morgan fingerprint density at radius 1 is 1.43 bits per heavy atom. The van der Waals surface area contributed by atoms with E-state index < -0.39 is 27.4 Å². The van der Waals surface area contributed by atoms with E-state index in [1.165, 1.54) is 19.2 Å². The molecule has 0 heterocycles. The Balaban J connectivity index is 3.11. The van der Waals surface area contributed by atoms with E-state index >= 15 is 0 Å². The lowest BCUT2D eigenvalue weighted by atomic mass is 10.2. The lowest BCUT2D eigenvalue weighted by Crippen LogP contribution is -2.41. The summed E-state index contributed by atoms with van der Waals surface area (Å²) in [6.45, 7) is 1.67. The molecule has 10 heteroatoms. The fourth-order valence-electron chi connectivity index (χ4n) is 1.84. The Morgan fingerprint density at radius 3 is 2.61 bits per heavy atom. The molecule has 0 radical (unpaired) electrons. The van der Waals surface area contributed by atoms with Gasteiger partial charge in [0.05, 0.1) is 23.5 Å². The number of amides is 1. The van der Waals surface area contributed by atoms with Crippen LogP contribution in [0, 0.1) is 17.0 Å². The summed E-state index contributed by atoms with van der Waals surface area (Å²) in [5.74, 6) is -0.529. The molecule has 0 bridgehead atoms. The quantitative estimate of drug-likeness (QED) is 0.415. The van der Waals surface area contributed by atoms with Crippen LogP contribution in [0.15, 0.2) is 18.2 Å². The Labute approximate surface area is 134 Å². The van der Waals surface area contributed by atoms with E-state index in [9.17, 15) is 23.3 Å². The second kappa shape index (κ2) is 7.88. The minimum absolute atomic E-state index is 0.101. The standard InChI is InChI=1S/C13H19N3O6S/c1-10-4-5-11(16(18)19)8-12(10)15(23(3,20)21)9-13(17)14-6-7-22-2/h4-5,8H,6-7,9H2,1-3H3,(H,14,17). The van der Waals surface area contributed by atoms with Crippen LogP contribution in [0.2, 0.25) is 0 Å². The first-order valence-electron chi connectivity index (χ1n) is 6.65. The average molecular weight is 345 g/mol. The number of hydrogen-bond acceptors (Lipinski definition) is 6. The number of nitrogens with one attached hydrogen (secondary N) is 1. The molecule has 0 unspecified atom stereocenters. The number of carbonyl (C=O) groups excluding carboxylic acids is 1. The third kappa shape index (κ3) is 5.49. The van der Waals surface area contributed by atoms with E-state index in [2.05, 4.69) is 5.32 Å². The van der Waals surface area contributed by atoms with Crippen molar-refractivity contribution in [3.63, 3.8) is 0 Å². The van der Waals surface area contributed by atoms with Crippen molar-refractivity contribution in [2.45, 2.75) is 6.92 Å². The number of nitro benzene ring substituents is 1. The first-order chi connectivity index (χ1) is 10.7. The highest BCUT2D eigenvalue weighted by molar-refractivity contribution is 7.92. The molecule has 9 nitrogen and oxygen atoms in total. The molecule has 0 aliphatic carbocycles. The van der Waals surface area contributed by atoms with Crippen LogP contribution in [0.4, 0.5) is 11.4 Å². The monoisotopic (exact) mass is 345 g/mol. The molecule has 0 aromatic heterocycles. The predicted molar refractivity (Wildman–Crippen MR) is 84.9 cm³/mol. The third-order valence-electron chi connectivity index (χ3n) is 2.99. The maximum Gasteiger partial charge on any atom is 0.271 e. The molecule has 0 spiro atoms. The minimum Gasteiger partial charge on any atom is -0.383 e. The molecule has 0 aliphatic heterocycles. The Morgan fingerprint density at radius 2 is 2.09 bits per heavy atom. The Bertz CT molecular complexity index is 689. The number of sulfonamides is 1. The van der Waals surface area contributed by atoms with E-state index in [1.807, 2.05) is 0 Å². The third-order valence-corrected chi connectivity index (χ3v) is 4.11. The molecular weight excluding hydrogens is 326 g/mol. The fraction of sp³-hybridized carbons (Fsp3) is 0.462. The minimum atomic E-state index is -3.79. The summed E-state index contributed by atoms with van der Waals surface area (Å²) < 4.78 is 29.6. The van der Waals surface area contributed by atoms with Gasteiger partial charge in [0.15, 0.2) is 0 Å². The first-order valence-corrected chi connectivity index (χ1v) is 8.50. The SMILES string of the molecule is COCCNC(=O)CN(c1cc([N+](=O)[O-])ccc1C)S(C)(=O)=O. The van der Waals surface area contributed by atoms with Crippen molar-refractivity contribution in [2.75, 3.05) is 37.4 Å². The number of carbonyl (C=O) groups is 1. The van der Waals surface area contributed by atoms with Gasteiger partial charge in [-0.1, -0.05) is 6.07 Å². The van der Waals surface area contributed by atoms with E-state index in [-0.39, 0.29) is 17.9 Å². The van der Waals surface area contributed by atoms with Crippen LogP contribution in [0.5, 0.6) is 0 Å². The molecule has 128 valence electrons. The van der Waals surface area contributed by atoms with Gasteiger partial charge in [0.1, 0.15) is 6.54 Å². The predicted octanol–water partition coefficient (Wildman–Crippen LogP) is 0.432. The van der Waals surface area contributed by atoms with Gasteiger partial charge < -0.3 is 10.1 Å². The lowest BCUT2D eigenvalue weighted by molar-refractivity contribution is -0.384. The van der Waals surface area contributed by atoms with Gasteiger partial charge in [-0.2, -0.15) is 0 Å². The lowest BCUT2D eigenvalue weighted by Gasteiger charge is -2.23. The van der Waals surface area contributed by atoms with Crippen molar-refractivity contribution in [3.05, 3.63) is 33.9 Å². The molecule has 1 aromatic carbocycles. The van der Waals surface area contributed by atoms with Gasteiger partial charge in [-0.15, -0.1) is 0 Å². The second-order valence-corrected chi connectivity index (χ2v) is 6.75. The van der Waals surface area contributed by atoms with Gasteiger partial charge in [-0.3, -0.25) is 19.2 Å². The molecule has 0 atom stereocenters. The van der Waals surface area contributed by atoms with Crippen LogP contribution < -0.4 is 9.62 Å². The zero-order valence-electron chi connectivity index (χ0n) is 13.1. The number of rotatable bonds is 8. The summed E-state index contributed by atoms with van der Waals surface area (Å²) in [6, 6.07) is 3.85. The van der Waals surface area contributed by atoms with Crippen molar-refractivity contribution in [2.24, 2.45) is 0 Å². The van der Waals surface area contributed by atoms with E-state index in [1.54, 1.807) is 6.92 Å². The zero-order chi connectivity index (χ0) is 17.6. The topological polar surface area (TPSA) is 119 Å². The number of methoxy groups -OCH3 is 1. The number of ether oxygens (including phenoxy) is 1. The molecule has 1 aromatic rings. The van der Waals surface area contributed by atoms with Crippen molar-refractivity contribution >= 4 is 27.3 Å². The number of anilines is 1. The van der Waals surface area contributed by atoms with Gasteiger partial charge in [0, 0.05) is 25.8 Å². The van der Waals surface area contributed by atoms with Crippen LogP contribution in [0.1, 0.15) is 5.56 Å². The molecular formula is C13H19N3O6S. The van der Waals surface area contributed by atoms with Gasteiger partial charge >= 0.3 is 0 Å². The van der Waals surface area contributed by atoms with Crippen LogP contribution in [-0.4, -0.2) is 52.3 Å². The van der Waals surface area contributed by atoms with Gasteiger partial charge in [0.25, 0.3) is 5.69 Å². The summed E-state index contributed by atoms with van der Waals surface area (Å²) in [5.41, 5.74) is 0.355. The highest BCUT2D eigenvalue weighted by Crippen LogP contribution is 2.27. The number of nitro groups is 1. The van der Waals surface area contributed by atoms with E-state index in [4.69, 9.17) is 4.74 Å². The Hall–Kier alpha value is -2.20. The van der Waals surface area contributed by atoms with Crippen LogP contribution >= 0.6 is 0 Å². The van der Waals surface area contributed by atoms with Gasteiger partial charge in [0.2, 0.25) is 15.9 Å². The number of non-ortho nitro benzene ring substituents is 1. The molecule has 0 saturated carbocycles. The molecule has 1 N–H and O–H groups in total. The molecule has 23 heavy (non-hydrogen) atoms. The van der Waals surface area contributed by atoms with Crippen molar-refractivity contribution in [3.8, 4) is 0 Å². The summed E-state index contributed by atoms with van der Waals surface area (Å²) >= 11 is 0. The molecule has 1 amide bonds. The largest absolute Gasteiger partial charge is 0.383 e. The van der Waals surface area contributed by atoms with E-state index in [0.29, 0.717) is 12.2 Å². The summed E-state index contributed by atoms with van der Waals surface area (Å²) in [7, 11) is -2.32. The van der Waals surface area contributed by atoms with E-state index in [0.717, 1.165) is 16.6 Å². The first kappa shape index (κ1) is 18.8. The van der Waals surface area contributed by atoms with Crippen LogP contribution in [0.3, 0.4) is 0 Å². The van der Waals surface area contributed by atoms with Gasteiger partial charge in [-0.05, 0) is 12.5 Å². The average Bonchev–Trinajstić information content (AvgIpc) is 2.44. The highest BCUT2D eigenvalue weighted by Gasteiger charge is 2.24. The highest BCUT2D eigenvalue weighted by atomic mass is 32.2. The molecule has 1 rings (SSSR count). The molecule has 0 fully saturated rings. The summed E-state index contributed by atoms with van der Waals surface area (Å²) in [4.78, 5) is 22.1. The smallest absolute Gasteiger partial charge is 0.271 e. The van der Waals surface area contributed by atoms with Crippen molar-refractivity contribution in [1.82, 2.24) is 5.32 Å². The maximum atomic E-state index is 12.0. The van der Waals surface area contributed by atoms with Crippen LogP contribution in [-0.2, 0) is 19.6 Å². The van der Waals surface area contributed by atoms with Crippen LogP contribution in [0.25, 0.3) is 0 Å². The van der Waals surface area contributed by atoms with Crippen molar-refractivity contribution in [1.29, 1.82) is 0 Å². The summed E-state index contributed by atoms with van der Waals surface area (Å²) in [5, 5.41) is 13.4. The number of aryl methyl sites for hydroxylation is 1. The molecule has 0 saturated heterocycles.